The van der Waals surface area contributed by atoms with Crippen LogP contribution in [-0.2, 0) is 4.74 Å². The van der Waals surface area contributed by atoms with Crippen LogP contribution in [0, 0.1) is 0 Å². The average Bonchev–Trinajstić information content (AvgIpc) is 2.15. The molecule has 1 aromatic rings. The second kappa shape index (κ2) is 5.82. The van der Waals surface area contributed by atoms with Gasteiger partial charge in [-0.15, -0.1) is 0 Å². The van der Waals surface area contributed by atoms with Gasteiger partial charge in [-0.2, -0.15) is 0 Å². The molecule has 0 radical (unpaired) electrons. The lowest BCUT2D eigenvalue weighted by atomic mass is 10.2. The minimum atomic E-state index is -0.516. The number of aromatic nitrogens is 1. The number of nitrogens with zero attached hydrogens (tertiary/aromatic N) is 1. The van der Waals surface area contributed by atoms with Crippen molar-refractivity contribution in [2.45, 2.75) is 26.4 Å². The molecule has 0 fully saturated rings. The van der Waals surface area contributed by atoms with Crippen LogP contribution in [0.4, 0.5) is 10.6 Å². The van der Waals surface area contributed by atoms with Gasteiger partial charge in [-0.25, -0.2) is 9.78 Å². The fourth-order valence-corrected chi connectivity index (χ4v) is 1.41. The molecule has 92 valence electrons. The highest BCUT2D eigenvalue weighted by Gasteiger charge is 2.16. The maximum absolute atomic E-state index is 11.5. The van der Waals surface area contributed by atoms with Gasteiger partial charge in [0, 0.05) is 6.20 Å². The van der Waals surface area contributed by atoms with E-state index in [1.165, 1.54) is 0 Å². The van der Waals surface area contributed by atoms with Crippen LogP contribution in [0.2, 0.25) is 0 Å². The largest absolute Gasteiger partial charge is 0.444 e. The second-order valence-corrected chi connectivity index (χ2v) is 4.92. The minimum Gasteiger partial charge on any atom is -0.444 e. The summed E-state index contributed by atoms with van der Waals surface area (Å²) in [6.45, 7) is 5.43. The van der Waals surface area contributed by atoms with Gasteiger partial charge in [-0.1, -0.05) is 15.9 Å². The Hall–Kier alpha value is -1.36. The van der Waals surface area contributed by atoms with Gasteiger partial charge in [0.15, 0.2) is 0 Å². The average molecular weight is 299 g/mol. The summed E-state index contributed by atoms with van der Waals surface area (Å²) in [6.07, 6.45) is 2.96. The molecular weight excluding hydrogens is 284 g/mol. The van der Waals surface area contributed by atoms with Crippen molar-refractivity contribution in [3.05, 3.63) is 28.9 Å². The summed E-state index contributed by atoms with van der Waals surface area (Å²) in [5, 5.41) is 2.58. The highest BCUT2D eigenvalue weighted by molar-refractivity contribution is 9.11. The zero-order valence-electron chi connectivity index (χ0n) is 10.0. The third-order valence-corrected chi connectivity index (χ3v) is 1.93. The van der Waals surface area contributed by atoms with Crippen molar-refractivity contribution >= 4 is 33.9 Å². The van der Waals surface area contributed by atoms with Gasteiger partial charge in [0.2, 0.25) is 0 Å². The SMILES string of the molecule is CC(C)(C)OC(=O)Nc1cc(/C=C/Br)ccn1. The van der Waals surface area contributed by atoms with Crippen molar-refractivity contribution in [1.29, 1.82) is 0 Å². The zero-order valence-corrected chi connectivity index (χ0v) is 11.6. The van der Waals surface area contributed by atoms with Crippen molar-refractivity contribution < 1.29 is 9.53 Å². The molecule has 0 aliphatic carbocycles. The number of rotatable bonds is 2. The normalized spacial score (nSPS) is 11.5. The standard InChI is InChI=1S/C12H15BrN2O2/c1-12(2,3)17-11(16)15-10-8-9(4-6-13)5-7-14-10/h4-8H,1-3H3,(H,14,15,16)/b6-4+. The number of hydrogen-bond donors (Lipinski definition) is 1. The maximum atomic E-state index is 11.5. The van der Waals surface area contributed by atoms with Crippen LogP contribution in [0.3, 0.4) is 0 Å². The van der Waals surface area contributed by atoms with E-state index in [2.05, 4.69) is 26.2 Å². The molecule has 0 aromatic carbocycles. The Balaban J connectivity index is 2.68. The van der Waals surface area contributed by atoms with Gasteiger partial charge >= 0.3 is 6.09 Å². The third-order valence-electron chi connectivity index (χ3n) is 1.67. The van der Waals surface area contributed by atoms with E-state index in [1.807, 2.05) is 32.9 Å². The Morgan fingerprint density at radius 1 is 1.53 bits per heavy atom. The zero-order chi connectivity index (χ0) is 12.9. The van der Waals surface area contributed by atoms with Gasteiger partial charge in [0.25, 0.3) is 0 Å². The monoisotopic (exact) mass is 298 g/mol. The second-order valence-electron chi connectivity index (χ2n) is 4.39. The Kier molecular flexibility index (Phi) is 4.69. The predicted octanol–water partition coefficient (Wildman–Crippen LogP) is 3.79. The van der Waals surface area contributed by atoms with E-state index in [0.717, 1.165) is 5.56 Å². The molecule has 5 heteroatoms. The summed E-state index contributed by atoms with van der Waals surface area (Å²) in [5.41, 5.74) is 0.417. The van der Waals surface area contributed by atoms with Crippen molar-refractivity contribution in [3.8, 4) is 0 Å². The lowest BCUT2D eigenvalue weighted by Crippen LogP contribution is -2.27. The number of pyridine rings is 1. The summed E-state index contributed by atoms with van der Waals surface area (Å²) in [6, 6.07) is 3.58. The van der Waals surface area contributed by atoms with Gasteiger partial charge in [-0.05, 0) is 49.5 Å². The van der Waals surface area contributed by atoms with Crippen molar-refractivity contribution in [3.63, 3.8) is 0 Å². The highest BCUT2D eigenvalue weighted by Crippen LogP contribution is 2.12. The number of ether oxygens (including phenoxy) is 1. The van der Waals surface area contributed by atoms with E-state index in [4.69, 9.17) is 4.74 Å². The first-order valence-corrected chi connectivity index (χ1v) is 6.05. The molecule has 0 atom stereocenters. The Morgan fingerprint density at radius 3 is 2.82 bits per heavy atom. The highest BCUT2D eigenvalue weighted by atomic mass is 79.9. The van der Waals surface area contributed by atoms with E-state index in [-0.39, 0.29) is 0 Å². The summed E-state index contributed by atoms with van der Waals surface area (Å²) in [4.78, 5) is 17.3. The lowest BCUT2D eigenvalue weighted by molar-refractivity contribution is 0.0635. The summed E-state index contributed by atoms with van der Waals surface area (Å²) >= 11 is 3.19. The molecule has 0 spiro atoms. The molecular formula is C12H15BrN2O2. The Bertz CT molecular complexity index is 425. The van der Waals surface area contributed by atoms with Crippen LogP contribution >= 0.6 is 15.9 Å². The number of nitrogens with one attached hydrogen (secondary N) is 1. The van der Waals surface area contributed by atoms with E-state index in [0.29, 0.717) is 5.82 Å². The quantitative estimate of drug-likeness (QED) is 0.903. The minimum absolute atomic E-state index is 0.461. The number of halogens is 1. The molecule has 1 heterocycles. The first-order chi connectivity index (χ1) is 7.90. The molecule has 4 nitrogen and oxygen atoms in total. The number of carbonyl (C=O) groups excluding carboxylic acids is 1. The molecule has 0 aliphatic heterocycles. The Labute approximate surface area is 109 Å². The predicted molar refractivity (Wildman–Crippen MR) is 72.1 cm³/mol. The summed E-state index contributed by atoms with van der Waals surface area (Å²) in [5.74, 6) is 0.461. The lowest BCUT2D eigenvalue weighted by Gasteiger charge is -2.19. The van der Waals surface area contributed by atoms with Crippen LogP contribution < -0.4 is 5.32 Å². The van der Waals surface area contributed by atoms with Crippen LogP contribution in [0.25, 0.3) is 6.08 Å². The molecule has 1 aromatic heterocycles. The maximum Gasteiger partial charge on any atom is 0.413 e. The van der Waals surface area contributed by atoms with E-state index < -0.39 is 11.7 Å². The fraction of sp³-hybridized carbons (Fsp3) is 0.333. The van der Waals surface area contributed by atoms with Crippen LogP contribution in [0.1, 0.15) is 26.3 Å². The van der Waals surface area contributed by atoms with Gasteiger partial charge < -0.3 is 4.74 Å². The number of amides is 1. The third kappa shape index (κ3) is 5.49. The van der Waals surface area contributed by atoms with Gasteiger partial charge in [-0.3, -0.25) is 5.32 Å². The van der Waals surface area contributed by atoms with Crippen molar-refractivity contribution in [1.82, 2.24) is 4.98 Å². The molecule has 0 saturated heterocycles. The van der Waals surface area contributed by atoms with Gasteiger partial charge in [0.1, 0.15) is 11.4 Å². The van der Waals surface area contributed by atoms with Crippen molar-refractivity contribution in [2.24, 2.45) is 0 Å². The molecule has 0 bridgehead atoms. The molecule has 1 N–H and O–H groups in total. The molecule has 1 amide bonds. The fourth-order valence-electron chi connectivity index (χ4n) is 1.10. The van der Waals surface area contributed by atoms with E-state index in [9.17, 15) is 4.79 Å². The van der Waals surface area contributed by atoms with Crippen LogP contribution in [-0.4, -0.2) is 16.7 Å². The molecule has 0 unspecified atom stereocenters. The van der Waals surface area contributed by atoms with E-state index >= 15 is 0 Å². The summed E-state index contributed by atoms with van der Waals surface area (Å²) in [7, 11) is 0. The van der Waals surface area contributed by atoms with Crippen molar-refractivity contribution in [2.75, 3.05) is 5.32 Å². The summed E-state index contributed by atoms with van der Waals surface area (Å²) < 4.78 is 5.12. The molecule has 1 rings (SSSR count). The molecule has 17 heavy (non-hydrogen) atoms. The first kappa shape index (κ1) is 13.7. The smallest absolute Gasteiger partial charge is 0.413 e. The topological polar surface area (TPSA) is 51.2 Å². The van der Waals surface area contributed by atoms with E-state index in [1.54, 1.807) is 17.2 Å². The van der Waals surface area contributed by atoms with Crippen LogP contribution in [0.5, 0.6) is 0 Å². The Morgan fingerprint density at radius 2 is 2.24 bits per heavy atom. The van der Waals surface area contributed by atoms with Crippen LogP contribution in [0.15, 0.2) is 23.3 Å². The first-order valence-electron chi connectivity index (χ1n) is 5.13. The number of anilines is 1. The molecule has 0 aliphatic rings. The number of hydrogen-bond acceptors (Lipinski definition) is 3. The number of carbonyl (C=O) groups is 1. The molecule has 0 saturated carbocycles. The van der Waals surface area contributed by atoms with Gasteiger partial charge in [0.05, 0.1) is 0 Å².